The second kappa shape index (κ2) is 14.6. The molecule has 0 unspecified atom stereocenters. The van der Waals surface area contributed by atoms with Crippen LogP contribution in [0.1, 0.15) is 27.8 Å². The zero-order valence-electron chi connectivity index (χ0n) is 28.3. The van der Waals surface area contributed by atoms with Crippen LogP contribution >= 0.6 is 0 Å². The van der Waals surface area contributed by atoms with Crippen molar-refractivity contribution in [2.45, 2.75) is 32.7 Å². The third kappa shape index (κ3) is 7.04. The van der Waals surface area contributed by atoms with Gasteiger partial charge >= 0.3 is 0 Å². The van der Waals surface area contributed by atoms with E-state index in [1.807, 2.05) is 0 Å². The Balaban J connectivity index is 1.26. The van der Waals surface area contributed by atoms with Gasteiger partial charge < -0.3 is 14.4 Å². The minimum Gasteiger partial charge on any atom is -0.363 e. The average Bonchev–Trinajstić information content (AvgIpc) is 3.48. The molecule has 0 amide bonds. The summed E-state index contributed by atoms with van der Waals surface area (Å²) in [6, 6.07) is 68.2. The van der Waals surface area contributed by atoms with Gasteiger partial charge in [-0.2, -0.15) is 0 Å². The van der Waals surface area contributed by atoms with Gasteiger partial charge in [0.05, 0.1) is 0 Å². The molecule has 50 heavy (non-hydrogen) atoms. The first kappa shape index (κ1) is 31.2. The first-order chi connectivity index (χ1) is 24.8. The van der Waals surface area contributed by atoms with Crippen molar-refractivity contribution in [3.8, 4) is 0 Å². The van der Waals surface area contributed by atoms with Crippen molar-refractivity contribution < 1.29 is 0 Å². The van der Waals surface area contributed by atoms with Crippen LogP contribution < -0.4 is 9.80 Å². The highest BCUT2D eigenvalue weighted by Crippen LogP contribution is 2.36. The molecule has 7 aromatic carbocycles. The summed E-state index contributed by atoms with van der Waals surface area (Å²) in [4.78, 5) is 5.01. The Labute approximate surface area is 295 Å². The normalized spacial score (nSPS) is 11.2. The minimum atomic E-state index is 0.815. The fourth-order valence-electron chi connectivity index (χ4n) is 7.10. The molecule has 0 spiro atoms. The van der Waals surface area contributed by atoms with E-state index in [1.165, 1.54) is 61.0 Å². The number of hydrogen-bond acceptors (Lipinski definition) is 2. The summed E-state index contributed by atoms with van der Waals surface area (Å²) in [7, 11) is 0. The molecule has 244 valence electrons. The van der Waals surface area contributed by atoms with Crippen molar-refractivity contribution >= 4 is 33.2 Å². The quantitative estimate of drug-likeness (QED) is 0.131. The van der Waals surface area contributed by atoms with Crippen LogP contribution in [0.3, 0.4) is 0 Å². The van der Waals surface area contributed by atoms with Gasteiger partial charge in [0.15, 0.2) is 0 Å². The van der Waals surface area contributed by atoms with Gasteiger partial charge in [0, 0.05) is 65.9 Å². The summed E-state index contributed by atoms with van der Waals surface area (Å²) in [5.74, 6) is 0. The lowest BCUT2D eigenvalue weighted by molar-refractivity contribution is 0.800. The molecule has 0 saturated carbocycles. The van der Waals surface area contributed by atoms with E-state index in [-0.39, 0.29) is 0 Å². The van der Waals surface area contributed by atoms with Crippen LogP contribution in [-0.4, -0.2) is 4.57 Å². The summed E-state index contributed by atoms with van der Waals surface area (Å²) in [6.45, 7) is 4.14. The number of hydrogen-bond donors (Lipinski definition) is 0. The molecule has 3 nitrogen and oxygen atoms in total. The van der Waals surface area contributed by atoms with Crippen molar-refractivity contribution in [2.24, 2.45) is 0 Å². The van der Waals surface area contributed by atoms with Crippen LogP contribution in [0.4, 0.5) is 11.4 Å². The summed E-state index contributed by atoms with van der Waals surface area (Å²) < 4.78 is 2.49. The Morgan fingerprint density at radius 3 is 0.940 bits per heavy atom. The summed E-state index contributed by atoms with van der Waals surface area (Å²) in [6.07, 6.45) is 0. The maximum Gasteiger partial charge on any atom is 0.0496 e. The summed E-state index contributed by atoms with van der Waals surface area (Å²) in [5, 5.41) is 2.56. The van der Waals surface area contributed by atoms with Crippen LogP contribution in [0, 0.1) is 0 Å². The maximum absolute atomic E-state index is 2.51. The second-order valence-electron chi connectivity index (χ2n) is 13.1. The van der Waals surface area contributed by atoms with E-state index in [4.69, 9.17) is 0 Å². The largest absolute Gasteiger partial charge is 0.363 e. The topological polar surface area (TPSA) is 11.4 Å². The molecule has 0 bridgehead atoms. The molecule has 8 rings (SSSR count). The number of rotatable bonds is 12. The molecule has 0 saturated heterocycles. The van der Waals surface area contributed by atoms with E-state index in [0.29, 0.717) is 0 Å². The lowest BCUT2D eigenvalue weighted by Crippen LogP contribution is -2.22. The Bertz CT molecular complexity index is 2050. The Kier molecular flexibility index (Phi) is 9.11. The Morgan fingerprint density at radius 2 is 0.620 bits per heavy atom. The van der Waals surface area contributed by atoms with Crippen molar-refractivity contribution in [2.75, 3.05) is 9.80 Å². The molecule has 1 heterocycles. The van der Waals surface area contributed by atoms with Crippen LogP contribution in [0.15, 0.2) is 188 Å². The molecule has 0 N–H and O–H groups in total. The molecule has 0 aliphatic rings. The molecule has 0 fully saturated rings. The van der Waals surface area contributed by atoms with E-state index in [9.17, 15) is 0 Å². The van der Waals surface area contributed by atoms with Crippen LogP contribution in [0.25, 0.3) is 21.8 Å². The highest BCUT2D eigenvalue weighted by Gasteiger charge is 2.18. The van der Waals surface area contributed by atoms with E-state index in [2.05, 4.69) is 202 Å². The molecule has 0 aliphatic heterocycles. The molecule has 0 atom stereocenters. The fourth-order valence-corrected chi connectivity index (χ4v) is 7.10. The zero-order valence-corrected chi connectivity index (χ0v) is 28.3. The van der Waals surface area contributed by atoms with Crippen LogP contribution in [-0.2, 0) is 32.7 Å². The van der Waals surface area contributed by atoms with Crippen molar-refractivity contribution in [1.82, 2.24) is 4.57 Å². The van der Waals surface area contributed by atoms with Crippen molar-refractivity contribution in [3.63, 3.8) is 0 Å². The van der Waals surface area contributed by atoms with Gasteiger partial charge in [-0.05, 0) is 64.2 Å². The highest BCUT2D eigenvalue weighted by atomic mass is 15.1. The predicted octanol–water partition coefficient (Wildman–Crippen LogP) is 11.3. The van der Waals surface area contributed by atoms with Crippen molar-refractivity contribution in [3.05, 3.63) is 216 Å². The van der Waals surface area contributed by atoms with Crippen LogP contribution in [0.2, 0.25) is 0 Å². The van der Waals surface area contributed by atoms with E-state index in [1.54, 1.807) is 0 Å². The lowest BCUT2D eigenvalue weighted by atomic mass is 10.1. The SMILES string of the molecule is c1ccc(CN(Cc2ccccc2)c2ccc3c(c2)c2cc(N(Cc4ccccc4)Cc4ccccc4)ccc2n3Cc2ccccc2)cc1. The van der Waals surface area contributed by atoms with Gasteiger partial charge in [0.25, 0.3) is 0 Å². The predicted molar refractivity (Wildman–Crippen MR) is 211 cm³/mol. The number of aromatic nitrogens is 1. The zero-order chi connectivity index (χ0) is 33.5. The van der Waals surface area contributed by atoms with Crippen molar-refractivity contribution in [1.29, 1.82) is 0 Å². The van der Waals surface area contributed by atoms with Gasteiger partial charge in [-0.1, -0.05) is 152 Å². The number of benzene rings is 7. The summed E-state index contributed by atoms with van der Waals surface area (Å²) in [5.41, 5.74) is 11.4. The first-order valence-electron chi connectivity index (χ1n) is 17.5. The molecular formula is C47H41N3. The third-order valence-corrected chi connectivity index (χ3v) is 9.61. The minimum absolute atomic E-state index is 0.815. The molecule has 0 radical (unpaired) electrons. The number of anilines is 2. The summed E-state index contributed by atoms with van der Waals surface area (Å²) >= 11 is 0. The van der Waals surface area contributed by atoms with Gasteiger partial charge in [-0.25, -0.2) is 0 Å². The standard InChI is InChI=1S/C47H41N3/c1-6-16-37(17-7-1)32-48(33-38-18-8-2-9-19-38)42-26-28-46-44(30-42)45-31-43(27-29-47(45)50(46)36-41-24-14-5-15-25-41)49(34-39-20-10-3-11-21-39)35-40-22-12-4-13-23-40/h1-31H,32-36H2. The molecule has 3 heteroatoms. The van der Waals surface area contributed by atoms with Gasteiger partial charge in [-0.3, -0.25) is 0 Å². The number of nitrogens with zero attached hydrogens (tertiary/aromatic N) is 3. The maximum atomic E-state index is 2.51. The molecular weight excluding hydrogens is 607 g/mol. The Morgan fingerprint density at radius 1 is 0.320 bits per heavy atom. The highest BCUT2D eigenvalue weighted by molar-refractivity contribution is 6.10. The van der Waals surface area contributed by atoms with E-state index >= 15 is 0 Å². The van der Waals surface area contributed by atoms with Crippen LogP contribution in [0.5, 0.6) is 0 Å². The van der Waals surface area contributed by atoms with E-state index < -0.39 is 0 Å². The number of fused-ring (bicyclic) bond motifs is 3. The van der Waals surface area contributed by atoms with Gasteiger partial charge in [0.1, 0.15) is 0 Å². The molecule has 1 aromatic heterocycles. The van der Waals surface area contributed by atoms with E-state index in [0.717, 1.165) is 32.7 Å². The molecule has 8 aromatic rings. The third-order valence-electron chi connectivity index (χ3n) is 9.61. The first-order valence-corrected chi connectivity index (χ1v) is 17.5. The average molecular weight is 648 g/mol. The lowest BCUT2D eigenvalue weighted by Gasteiger charge is -2.26. The Hall–Kier alpha value is -6.06. The smallest absolute Gasteiger partial charge is 0.0496 e. The fraction of sp³-hybridized carbons (Fsp3) is 0.106. The van der Waals surface area contributed by atoms with Gasteiger partial charge in [-0.15, -0.1) is 0 Å². The second-order valence-corrected chi connectivity index (χ2v) is 13.1. The van der Waals surface area contributed by atoms with Gasteiger partial charge in [0.2, 0.25) is 0 Å². The molecule has 0 aliphatic carbocycles. The monoisotopic (exact) mass is 647 g/mol.